The number of hydrogen-bond acceptors (Lipinski definition) is 7. The van der Waals surface area contributed by atoms with Crippen molar-refractivity contribution in [1.29, 1.82) is 0 Å². The standard InChI is InChI=1S/C21H20N4O4S/c1-2-23-21-25(24-11-13-3-6-18-19(9-13)29-8-7-28-18)16(12-30-21)14-4-5-17(26)15(10-14)20(22)27/h3-6,9-12,26H,2,7-8H2,1H3,(H2,22,27)/b23-21?,24-11+. The lowest BCUT2D eigenvalue weighted by Crippen LogP contribution is -2.15. The van der Waals surface area contributed by atoms with Crippen molar-refractivity contribution in [2.45, 2.75) is 6.92 Å². The Morgan fingerprint density at radius 1 is 1.23 bits per heavy atom. The number of phenols is 1. The second-order valence-electron chi connectivity index (χ2n) is 6.43. The highest BCUT2D eigenvalue weighted by Crippen LogP contribution is 2.30. The van der Waals surface area contributed by atoms with Gasteiger partial charge in [-0.1, -0.05) is 0 Å². The van der Waals surface area contributed by atoms with Gasteiger partial charge in [0.25, 0.3) is 5.91 Å². The molecule has 1 aliphatic heterocycles. The molecule has 8 nitrogen and oxygen atoms in total. The summed E-state index contributed by atoms with van der Waals surface area (Å²) in [6, 6.07) is 10.3. The maximum absolute atomic E-state index is 11.6. The zero-order valence-electron chi connectivity index (χ0n) is 16.2. The number of ether oxygens (including phenoxy) is 2. The normalized spacial score (nSPS) is 13.7. The number of benzene rings is 2. The van der Waals surface area contributed by atoms with E-state index in [0.29, 0.717) is 41.6 Å². The van der Waals surface area contributed by atoms with Crippen LogP contribution in [-0.2, 0) is 0 Å². The molecule has 9 heteroatoms. The molecule has 1 amide bonds. The smallest absolute Gasteiger partial charge is 0.252 e. The molecule has 154 valence electrons. The second-order valence-corrected chi connectivity index (χ2v) is 7.27. The monoisotopic (exact) mass is 424 g/mol. The van der Waals surface area contributed by atoms with Gasteiger partial charge in [-0.2, -0.15) is 5.10 Å². The minimum atomic E-state index is -0.700. The van der Waals surface area contributed by atoms with Crippen LogP contribution >= 0.6 is 11.3 Å². The van der Waals surface area contributed by atoms with Crippen molar-refractivity contribution in [2.75, 3.05) is 19.8 Å². The molecule has 0 unspecified atom stereocenters. The van der Waals surface area contributed by atoms with Gasteiger partial charge in [-0.3, -0.25) is 9.79 Å². The molecular formula is C21H20N4O4S. The first-order valence-corrected chi connectivity index (χ1v) is 10.2. The van der Waals surface area contributed by atoms with Gasteiger partial charge in [-0.15, -0.1) is 11.3 Å². The van der Waals surface area contributed by atoms with Gasteiger partial charge in [0, 0.05) is 17.5 Å². The fraction of sp³-hybridized carbons (Fsp3) is 0.190. The van der Waals surface area contributed by atoms with Gasteiger partial charge in [0.15, 0.2) is 11.5 Å². The Balaban J connectivity index is 1.76. The molecule has 0 bridgehead atoms. The molecule has 2 aromatic carbocycles. The third-order valence-electron chi connectivity index (χ3n) is 4.43. The van der Waals surface area contributed by atoms with Gasteiger partial charge >= 0.3 is 0 Å². The van der Waals surface area contributed by atoms with Crippen molar-refractivity contribution in [3.05, 3.63) is 57.7 Å². The highest BCUT2D eigenvalue weighted by molar-refractivity contribution is 7.07. The molecule has 0 aliphatic carbocycles. The van der Waals surface area contributed by atoms with Crippen LogP contribution in [0.3, 0.4) is 0 Å². The van der Waals surface area contributed by atoms with E-state index >= 15 is 0 Å². The van der Waals surface area contributed by atoms with Crippen LogP contribution in [0.25, 0.3) is 11.3 Å². The molecule has 3 N–H and O–H groups in total. The number of nitrogens with zero attached hydrogens (tertiary/aromatic N) is 3. The Hall–Kier alpha value is -3.59. The molecule has 0 spiro atoms. The molecule has 0 radical (unpaired) electrons. The highest BCUT2D eigenvalue weighted by atomic mass is 32.1. The largest absolute Gasteiger partial charge is 0.507 e. The first-order chi connectivity index (χ1) is 14.6. The zero-order valence-corrected chi connectivity index (χ0v) is 17.1. The fourth-order valence-electron chi connectivity index (χ4n) is 3.01. The third kappa shape index (κ3) is 3.92. The maximum atomic E-state index is 11.6. The number of aromatic nitrogens is 1. The van der Waals surface area contributed by atoms with Crippen molar-refractivity contribution in [1.82, 2.24) is 4.68 Å². The van der Waals surface area contributed by atoms with Crippen LogP contribution in [0.5, 0.6) is 17.2 Å². The molecule has 30 heavy (non-hydrogen) atoms. The number of hydrogen-bond donors (Lipinski definition) is 2. The lowest BCUT2D eigenvalue weighted by molar-refractivity contribution is 0.0998. The summed E-state index contributed by atoms with van der Waals surface area (Å²) in [7, 11) is 0. The van der Waals surface area contributed by atoms with Crippen molar-refractivity contribution < 1.29 is 19.4 Å². The van der Waals surface area contributed by atoms with Crippen LogP contribution < -0.4 is 20.0 Å². The molecule has 4 rings (SSSR count). The molecule has 0 fully saturated rings. The number of primary amides is 1. The van der Waals surface area contributed by atoms with E-state index in [2.05, 4.69) is 10.1 Å². The Morgan fingerprint density at radius 2 is 2.03 bits per heavy atom. The van der Waals surface area contributed by atoms with Gasteiger partial charge in [0.2, 0.25) is 4.80 Å². The topological polar surface area (TPSA) is 111 Å². The van der Waals surface area contributed by atoms with Crippen LogP contribution in [0, 0.1) is 0 Å². The lowest BCUT2D eigenvalue weighted by atomic mass is 10.1. The lowest BCUT2D eigenvalue weighted by Gasteiger charge is -2.18. The van der Waals surface area contributed by atoms with Gasteiger partial charge in [-0.25, -0.2) is 4.68 Å². The Labute approximate surface area is 176 Å². The van der Waals surface area contributed by atoms with Crippen LogP contribution in [0.4, 0.5) is 0 Å². The van der Waals surface area contributed by atoms with Crippen molar-refractivity contribution >= 4 is 23.5 Å². The van der Waals surface area contributed by atoms with E-state index in [1.165, 1.54) is 17.4 Å². The van der Waals surface area contributed by atoms with Crippen molar-refractivity contribution in [3.8, 4) is 28.5 Å². The average Bonchev–Trinajstić information content (AvgIpc) is 3.15. The summed E-state index contributed by atoms with van der Waals surface area (Å²) in [6.07, 6.45) is 1.71. The minimum absolute atomic E-state index is 0.0510. The molecule has 0 saturated heterocycles. The first kappa shape index (κ1) is 19.7. The van der Waals surface area contributed by atoms with E-state index in [1.807, 2.05) is 30.5 Å². The van der Waals surface area contributed by atoms with Gasteiger partial charge in [-0.05, 0) is 48.9 Å². The van der Waals surface area contributed by atoms with E-state index in [4.69, 9.17) is 15.2 Å². The number of carbonyl (C=O) groups is 1. The number of nitrogens with two attached hydrogens (primary N) is 1. The van der Waals surface area contributed by atoms with E-state index < -0.39 is 5.91 Å². The van der Waals surface area contributed by atoms with Crippen molar-refractivity contribution in [2.24, 2.45) is 15.8 Å². The summed E-state index contributed by atoms with van der Waals surface area (Å²) < 4.78 is 12.9. The van der Waals surface area contributed by atoms with Gasteiger partial charge < -0.3 is 20.3 Å². The first-order valence-electron chi connectivity index (χ1n) is 9.35. The summed E-state index contributed by atoms with van der Waals surface area (Å²) >= 11 is 1.43. The van der Waals surface area contributed by atoms with Crippen LogP contribution in [-0.4, -0.2) is 41.7 Å². The SMILES string of the molecule is CCN=c1scc(-c2ccc(O)c(C(N)=O)c2)n1/N=C/c1ccc2c(c1)OCCO2. The fourth-order valence-corrected chi connectivity index (χ4v) is 3.91. The number of aromatic hydroxyl groups is 1. The molecule has 0 saturated carbocycles. The third-order valence-corrected chi connectivity index (χ3v) is 5.28. The summed E-state index contributed by atoms with van der Waals surface area (Å²) in [5.74, 6) is 0.538. The Bertz CT molecular complexity index is 1200. The maximum Gasteiger partial charge on any atom is 0.252 e. The number of fused-ring (bicyclic) bond motifs is 1. The van der Waals surface area contributed by atoms with Crippen LogP contribution in [0.1, 0.15) is 22.8 Å². The predicted octanol–water partition coefficient (Wildman–Crippen LogP) is 2.60. The summed E-state index contributed by atoms with van der Waals surface area (Å²) in [6.45, 7) is 3.59. The minimum Gasteiger partial charge on any atom is -0.507 e. The van der Waals surface area contributed by atoms with E-state index in [9.17, 15) is 9.90 Å². The number of thiazole rings is 1. The van der Waals surface area contributed by atoms with Gasteiger partial charge in [0.1, 0.15) is 19.0 Å². The molecule has 1 aliphatic rings. The second kappa shape index (κ2) is 8.42. The molecule has 3 aromatic rings. The van der Waals surface area contributed by atoms with E-state index in [1.54, 1.807) is 23.0 Å². The summed E-state index contributed by atoms with van der Waals surface area (Å²) in [4.78, 5) is 16.8. The van der Waals surface area contributed by atoms with Crippen LogP contribution in [0.2, 0.25) is 0 Å². The average molecular weight is 424 g/mol. The Kier molecular flexibility index (Phi) is 5.53. The molecule has 2 heterocycles. The summed E-state index contributed by atoms with van der Waals surface area (Å²) in [5, 5.41) is 16.4. The number of carbonyl (C=O) groups excluding carboxylic acids is 1. The number of amides is 1. The molecule has 1 aromatic heterocycles. The highest BCUT2D eigenvalue weighted by Gasteiger charge is 2.14. The molecular weight excluding hydrogens is 404 g/mol. The van der Waals surface area contributed by atoms with E-state index in [-0.39, 0.29) is 11.3 Å². The zero-order chi connectivity index (χ0) is 21.1. The van der Waals surface area contributed by atoms with Crippen LogP contribution in [0.15, 0.2) is 51.9 Å². The van der Waals surface area contributed by atoms with E-state index in [0.717, 1.165) is 11.3 Å². The van der Waals surface area contributed by atoms with Crippen molar-refractivity contribution in [3.63, 3.8) is 0 Å². The Morgan fingerprint density at radius 3 is 2.80 bits per heavy atom. The summed E-state index contributed by atoms with van der Waals surface area (Å²) in [5.41, 5.74) is 7.68. The van der Waals surface area contributed by atoms with Gasteiger partial charge in [0.05, 0.1) is 17.5 Å². The quantitative estimate of drug-likeness (QED) is 0.613. The molecule has 0 atom stereocenters. The number of rotatable bonds is 5. The predicted molar refractivity (Wildman–Crippen MR) is 114 cm³/mol.